The predicted octanol–water partition coefficient (Wildman–Crippen LogP) is 4.41. The van der Waals surface area contributed by atoms with E-state index in [0.29, 0.717) is 31.6 Å². The van der Waals surface area contributed by atoms with Crippen molar-refractivity contribution in [3.8, 4) is 17.3 Å². The molecular formula is C23H24F2N4O. The smallest absolute Gasteiger partial charge is 0.231 e. The molecule has 0 radical (unpaired) electrons. The summed E-state index contributed by atoms with van der Waals surface area (Å²) in [7, 11) is 0. The largest absolute Gasteiger partial charge is 0.341 e. The molecule has 1 amide bonds. The zero-order chi connectivity index (χ0) is 21.4. The molecule has 156 valence electrons. The van der Waals surface area contributed by atoms with Crippen LogP contribution in [-0.2, 0) is 4.79 Å². The SMILES string of the molecule is CC(C)[C@@H]1CCC(C(=O)N2CCC(C#N)C2)c2nnc(-c3c(F)cccc3F)cc21. The van der Waals surface area contributed by atoms with E-state index in [1.165, 1.54) is 18.2 Å². The molecule has 4 rings (SSSR count). The van der Waals surface area contributed by atoms with Crippen molar-refractivity contribution in [2.45, 2.75) is 44.9 Å². The number of halogens is 2. The minimum absolute atomic E-state index is 0.0321. The van der Waals surface area contributed by atoms with Gasteiger partial charge in [0, 0.05) is 13.1 Å². The zero-order valence-corrected chi connectivity index (χ0v) is 17.1. The molecule has 1 aliphatic carbocycles. The minimum Gasteiger partial charge on any atom is -0.341 e. The summed E-state index contributed by atoms with van der Waals surface area (Å²) in [5.74, 6) is -1.54. The van der Waals surface area contributed by atoms with Crippen molar-refractivity contribution in [2.75, 3.05) is 13.1 Å². The van der Waals surface area contributed by atoms with Crippen molar-refractivity contribution in [3.63, 3.8) is 0 Å². The van der Waals surface area contributed by atoms with Gasteiger partial charge in [0.15, 0.2) is 0 Å². The third-order valence-corrected chi connectivity index (χ3v) is 6.35. The number of hydrogen-bond acceptors (Lipinski definition) is 4. The van der Waals surface area contributed by atoms with E-state index in [1.807, 2.05) is 0 Å². The van der Waals surface area contributed by atoms with Crippen LogP contribution in [0.1, 0.15) is 56.2 Å². The summed E-state index contributed by atoms with van der Waals surface area (Å²) in [6.45, 7) is 5.21. The Morgan fingerprint density at radius 1 is 1.20 bits per heavy atom. The van der Waals surface area contributed by atoms with Crippen LogP contribution >= 0.6 is 0 Å². The average molecular weight is 410 g/mol. The lowest BCUT2D eigenvalue weighted by molar-refractivity contribution is -0.132. The number of nitriles is 1. The van der Waals surface area contributed by atoms with E-state index in [1.54, 1.807) is 11.0 Å². The lowest BCUT2D eigenvalue weighted by Gasteiger charge is -2.33. The maximum atomic E-state index is 14.3. The molecule has 2 heterocycles. The fourth-order valence-corrected chi connectivity index (χ4v) is 4.71. The normalized spacial score (nSPS) is 23.3. The molecule has 1 saturated heterocycles. The van der Waals surface area contributed by atoms with Crippen LogP contribution < -0.4 is 0 Å². The first-order valence-corrected chi connectivity index (χ1v) is 10.4. The molecule has 7 heteroatoms. The first kappa shape index (κ1) is 20.4. The standard InChI is InChI=1S/C23H24F2N4O/c1-13(2)15-6-7-16(23(30)29-9-8-14(11-26)12-29)22-17(15)10-20(27-28-22)21-18(24)4-3-5-19(21)25/h3-5,10,13-16H,6-9,12H2,1-2H3/t14?,15-,16?/m0/s1. The maximum absolute atomic E-state index is 14.3. The van der Waals surface area contributed by atoms with Gasteiger partial charge in [-0.3, -0.25) is 4.79 Å². The maximum Gasteiger partial charge on any atom is 0.231 e. The molecule has 3 atom stereocenters. The predicted molar refractivity (Wildman–Crippen MR) is 107 cm³/mol. The third-order valence-electron chi connectivity index (χ3n) is 6.35. The van der Waals surface area contributed by atoms with Crippen LogP contribution in [-0.4, -0.2) is 34.1 Å². The number of carbonyl (C=O) groups excluding carboxylic acids is 1. The zero-order valence-electron chi connectivity index (χ0n) is 17.1. The second-order valence-electron chi connectivity index (χ2n) is 8.55. The Kier molecular flexibility index (Phi) is 5.50. The molecule has 30 heavy (non-hydrogen) atoms. The molecular weight excluding hydrogens is 386 g/mol. The van der Waals surface area contributed by atoms with Gasteiger partial charge in [0.2, 0.25) is 5.91 Å². The van der Waals surface area contributed by atoms with Gasteiger partial charge in [0.1, 0.15) is 11.6 Å². The average Bonchev–Trinajstić information content (AvgIpc) is 3.21. The molecule has 0 N–H and O–H groups in total. The van der Waals surface area contributed by atoms with Gasteiger partial charge in [-0.25, -0.2) is 8.78 Å². The van der Waals surface area contributed by atoms with Gasteiger partial charge >= 0.3 is 0 Å². The Morgan fingerprint density at radius 3 is 2.57 bits per heavy atom. The molecule has 2 aliphatic rings. The fourth-order valence-electron chi connectivity index (χ4n) is 4.71. The van der Waals surface area contributed by atoms with Gasteiger partial charge in [-0.05, 0) is 54.9 Å². The Morgan fingerprint density at radius 2 is 1.93 bits per heavy atom. The first-order valence-electron chi connectivity index (χ1n) is 10.4. The van der Waals surface area contributed by atoms with Crippen LogP contribution in [0.3, 0.4) is 0 Å². The van der Waals surface area contributed by atoms with Crippen molar-refractivity contribution < 1.29 is 13.6 Å². The molecule has 0 saturated carbocycles. The summed E-state index contributed by atoms with van der Waals surface area (Å²) in [6, 6.07) is 7.65. The van der Waals surface area contributed by atoms with Crippen LogP contribution in [0.25, 0.3) is 11.3 Å². The van der Waals surface area contributed by atoms with E-state index in [0.717, 1.165) is 12.0 Å². The highest BCUT2D eigenvalue weighted by molar-refractivity contribution is 5.84. The van der Waals surface area contributed by atoms with Gasteiger partial charge in [-0.15, -0.1) is 5.10 Å². The van der Waals surface area contributed by atoms with Crippen molar-refractivity contribution in [2.24, 2.45) is 11.8 Å². The second-order valence-corrected chi connectivity index (χ2v) is 8.55. The molecule has 2 unspecified atom stereocenters. The fraction of sp³-hybridized carbons (Fsp3) is 0.478. The third kappa shape index (κ3) is 3.55. The summed E-state index contributed by atoms with van der Waals surface area (Å²) in [6.07, 6.45) is 2.14. The minimum atomic E-state index is -0.687. The second kappa shape index (κ2) is 8.10. The highest BCUT2D eigenvalue weighted by Crippen LogP contribution is 2.43. The Balaban J connectivity index is 1.74. The number of carbonyl (C=O) groups is 1. The highest BCUT2D eigenvalue weighted by Gasteiger charge is 2.39. The van der Waals surface area contributed by atoms with Crippen LogP contribution in [0.2, 0.25) is 0 Å². The molecule has 1 aromatic carbocycles. The Labute approximate surface area is 174 Å². The lowest BCUT2D eigenvalue weighted by atomic mass is 9.74. The number of rotatable bonds is 3. The molecule has 1 aliphatic heterocycles. The Bertz CT molecular complexity index is 996. The molecule has 0 bridgehead atoms. The van der Waals surface area contributed by atoms with Crippen LogP contribution in [0.4, 0.5) is 8.78 Å². The van der Waals surface area contributed by atoms with Crippen molar-refractivity contribution in [1.29, 1.82) is 5.26 Å². The molecule has 2 aromatic rings. The molecule has 1 fully saturated rings. The summed E-state index contributed by atoms with van der Waals surface area (Å²) >= 11 is 0. The van der Waals surface area contributed by atoms with Gasteiger partial charge in [-0.1, -0.05) is 19.9 Å². The number of hydrogen-bond donors (Lipinski definition) is 0. The van der Waals surface area contributed by atoms with E-state index in [4.69, 9.17) is 5.26 Å². The van der Waals surface area contributed by atoms with E-state index >= 15 is 0 Å². The summed E-state index contributed by atoms with van der Waals surface area (Å²) in [4.78, 5) is 14.9. The summed E-state index contributed by atoms with van der Waals surface area (Å²) in [5, 5.41) is 17.6. The van der Waals surface area contributed by atoms with Crippen molar-refractivity contribution in [3.05, 3.63) is 47.2 Å². The molecule has 5 nitrogen and oxygen atoms in total. The number of aromatic nitrogens is 2. The van der Waals surface area contributed by atoms with Crippen molar-refractivity contribution >= 4 is 5.91 Å². The van der Waals surface area contributed by atoms with E-state index < -0.39 is 17.6 Å². The van der Waals surface area contributed by atoms with Crippen molar-refractivity contribution in [1.82, 2.24) is 15.1 Å². The lowest BCUT2D eigenvalue weighted by Crippen LogP contribution is -2.36. The summed E-state index contributed by atoms with van der Waals surface area (Å²) in [5.41, 5.74) is 1.40. The molecule has 0 spiro atoms. The van der Waals surface area contributed by atoms with Gasteiger partial charge in [0.25, 0.3) is 0 Å². The van der Waals surface area contributed by atoms with E-state index in [9.17, 15) is 13.6 Å². The van der Waals surface area contributed by atoms with Gasteiger partial charge in [0.05, 0.1) is 34.9 Å². The summed E-state index contributed by atoms with van der Waals surface area (Å²) < 4.78 is 28.6. The van der Waals surface area contributed by atoms with E-state index in [-0.39, 0.29) is 34.9 Å². The Hall–Kier alpha value is -2.88. The number of nitrogens with zero attached hydrogens (tertiary/aromatic N) is 4. The number of amides is 1. The number of benzene rings is 1. The monoisotopic (exact) mass is 410 g/mol. The highest BCUT2D eigenvalue weighted by atomic mass is 19.1. The number of fused-ring (bicyclic) bond motifs is 1. The van der Waals surface area contributed by atoms with Gasteiger partial charge < -0.3 is 4.90 Å². The van der Waals surface area contributed by atoms with Crippen LogP contribution in [0, 0.1) is 34.8 Å². The van der Waals surface area contributed by atoms with E-state index in [2.05, 4.69) is 30.1 Å². The van der Waals surface area contributed by atoms with Crippen LogP contribution in [0.15, 0.2) is 24.3 Å². The van der Waals surface area contributed by atoms with Crippen LogP contribution in [0.5, 0.6) is 0 Å². The van der Waals surface area contributed by atoms with Gasteiger partial charge in [-0.2, -0.15) is 10.4 Å². The topological polar surface area (TPSA) is 69.9 Å². The first-order chi connectivity index (χ1) is 14.4. The molecule has 1 aromatic heterocycles. The number of likely N-dealkylation sites (tertiary alicyclic amines) is 1. The quantitative estimate of drug-likeness (QED) is 0.752.